The first-order chi connectivity index (χ1) is 12.2. The van der Waals surface area contributed by atoms with Gasteiger partial charge in [0.1, 0.15) is 5.75 Å². The third-order valence-corrected chi connectivity index (χ3v) is 4.30. The molecule has 2 aromatic rings. The van der Waals surface area contributed by atoms with E-state index in [9.17, 15) is 10.1 Å². The number of carbonyl (C=O) groups is 1. The molecule has 0 bridgehead atoms. The van der Waals surface area contributed by atoms with Gasteiger partial charge in [-0.25, -0.2) is 0 Å². The van der Waals surface area contributed by atoms with E-state index in [-0.39, 0.29) is 12.0 Å². The highest BCUT2D eigenvalue weighted by atomic mass is 16.5. The molecule has 5 heteroatoms. The van der Waals surface area contributed by atoms with Crippen LogP contribution in [0.3, 0.4) is 0 Å². The van der Waals surface area contributed by atoms with Crippen LogP contribution in [-0.4, -0.2) is 43.7 Å². The van der Waals surface area contributed by atoms with Crippen LogP contribution in [0.4, 0.5) is 0 Å². The highest BCUT2D eigenvalue weighted by Gasteiger charge is 2.26. The Bertz CT molecular complexity index is 798. The number of methoxy groups -OCH3 is 1. The van der Waals surface area contributed by atoms with Crippen molar-refractivity contribution in [2.75, 3.05) is 26.8 Å². The Kier molecular flexibility index (Phi) is 5.32. The Morgan fingerprint density at radius 2 is 2.16 bits per heavy atom. The monoisotopic (exact) mass is 336 g/mol. The standard InChI is InChI=1S/C20H20N2O3/c1-24-17-7-4-5-15(11-17)12-18-14-22(9-10-25-18)20(23)19-8-3-2-6-16(19)13-21/h2-8,11,18H,9-10,12,14H2,1H3. The van der Waals surface area contributed by atoms with Gasteiger partial charge in [-0.3, -0.25) is 4.79 Å². The first-order valence-electron chi connectivity index (χ1n) is 8.24. The third-order valence-electron chi connectivity index (χ3n) is 4.30. The number of nitriles is 1. The molecule has 1 aliphatic heterocycles. The number of hydrogen-bond acceptors (Lipinski definition) is 4. The van der Waals surface area contributed by atoms with Gasteiger partial charge in [0, 0.05) is 19.5 Å². The summed E-state index contributed by atoms with van der Waals surface area (Å²) in [5, 5.41) is 9.20. The van der Waals surface area contributed by atoms with E-state index in [4.69, 9.17) is 9.47 Å². The van der Waals surface area contributed by atoms with Crippen molar-refractivity contribution in [2.45, 2.75) is 12.5 Å². The summed E-state index contributed by atoms with van der Waals surface area (Å²) in [6, 6.07) is 16.9. The van der Waals surface area contributed by atoms with E-state index in [1.807, 2.05) is 24.3 Å². The molecule has 2 aromatic carbocycles. The van der Waals surface area contributed by atoms with Crippen LogP contribution in [0.1, 0.15) is 21.5 Å². The molecule has 1 amide bonds. The fourth-order valence-corrected chi connectivity index (χ4v) is 3.03. The molecular formula is C20H20N2O3. The van der Waals surface area contributed by atoms with Crippen LogP contribution in [0, 0.1) is 11.3 Å². The average molecular weight is 336 g/mol. The summed E-state index contributed by atoms with van der Waals surface area (Å²) < 4.78 is 11.1. The largest absolute Gasteiger partial charge is 0.497 e. The second-order valence-electron chi connectivity index (χ2n) is 5.96. The molecule has 1 unspecified atom stereocenters. The Labute approximate surface area is 147 Å². The number of benzene rings is 2. The Balaban J connectivity index is 1.70. The second-order valence-corrected chi connectivity index (χ2v) is 5.96. The number of ether oxygens (including phenoxy) is 2. The minimum atomic E-state index is -0.115. The molecule has 0 spiro atoms. The zero-order chi connectivity index (χ0) is 17.6. The lowest BCUT2D eigenvalue weighted by Gasteiger charge is -2.33. The predicted molar refractivity (Wildman–Crippen MR) is 93.5 cm³/mol. The lowest BCUT2D eigenvalue weighted by atomic mass is 10.0. The maximum absolute atomic E-state index is 12.8. The first-order valence-corrected chi connectivity index (χ1v) is 8.24. The molecule has 0 saturated carbocycles. The molecule has 25 heavy (non-hydrogen) atoms. The van der Waals surface area contributed by atoms with Crippen molar-refractivity contribution in [3.63, 3.8) is 0 Å². The number of morpholine rings is 1. The van der Waals surface area contributed by atoms with Gasteiger partial charge < -0.3 is 14.4 Å². The topological polar surface area (TPSA) is 62.6 Å². The Morgan fingerprint density at radius 1 is 1.32 bits per heavy atom. The molecule has 3 rings (SSSR count). The highest BCUT2D eigenvalue weighted by molar-refractivity contribution is 5.96. The van der Waals surface area contributed by atoms with Gasteiger partial charge in [-0.2, -0.15) is 5.26 Å². The highest BCUT2D eigenvalue weighted by Crippen LogP contribution is 2.19. The summed E-state index contributed by atoms with van der Waals surface area (Å²) in [6.07, 6.45) is 0.639. The van der Waals surface area contributed by atoms with Gasteiger partial charge in [-0.15, -0.1) is 0 Å². The predicted octanol–water partition coefficient (Wildman–Crippen LogP) is 2.65. The van der Waals surface area contributed by atoms with Gasteiger partial charge in [0.15, 0.2) is 0 Å². The van der Waals surface area contributed by atoms with Gasteiger partial charge in [-0.05, 0) is 29.8 Å². The quantitative estimate of drug-likeness (QED) is 0.861. The molecule has 0 radical (unpaired) electrons. The zero-order valence-electron chi connectivity index (χ0n) is 14.1. The average Bonchev–Trinajstić information content (AvgIpc) is 2.67. The number of rotatable bonds is 4. The van der Waals surface area contributed by atoms with E-state index >= 15 is 0 Å². The molecule has 0 aromatic heterocycles. The van der Waals surface area contributed by atoms with Crippen molar-refractivity contribution >= 4 is 5.91 Å². The molecule has 1 saturated heterocycles. The molecule has 1 aliphatic rings. The number of carbonyl (C=O) groups excluding carboxylic acids is 1. The molecule has 128 valence electrons. The van der Waals surface area contributed by atoms with Crippen molar-refractivity contribution in [1.29, 1.82) is 5.26 Å². The molecule has 0 N–H and O–H groups in total. The summed E-state index contributed by atoms with van der Waals surface area (Å²) in [6.45, 7) is 1.54. The van der Waals surface area contributed by atoms with Crippen LogP contribution in [0.15, 0.2) is 48.5 Å². The van der Waals surface area contributed by atoms with Gasteiger partial charge in [0.05, 0.1) is 37.0 Å². The fourth-order valence-electron chi connectivity index (χ4n) is 3.03. The van der Waals surface area contributed by atoms with Crippen molar-refractivity contribution in [1.82, 2.24) is 4.90 Å². The van der Waals surface area contributed by atoms with Crippen LogP contribution in [0.5, 0.6) is 5.75 Å². The Morgan fingerprint density at radius 3 is 2.96 bits per heavy atom. The van der Waals surface area contributed by atoms with E-state index in [0.29, 0.717) is 37.2 Å². The van der Waals surface area contributed by atoms with Gasteiger partial charge >= 0.3 is 0 Å². The summed E-state index contributed by atoms with van der Waals surface area (Å²) >= 11 is 0. The van der Waals surface area contributed by atoms with Crippen molar-refractivity contribution < 1.29 is 14.3 Å². The second kappa shape index (κ2) is 7.82. The molecular weight excluding hydrogens is 316 g/mol. The zero-order valence-corrected chi connectivity index (χ0v) is 14.1. The van der Waals surface area contributed by atoms with E-state index in [2.05, 4.69) is 6.07 Å². The van der Waals surface area contributed by atoms with Crippen LogP contribution in [0.2, 0.25) is 0 Å². The molecule has 1 heterocycles. The summed E-state index contributed by atoms with van der Waals surface area (Å²) in [5.74, 6) is 0.695. The normalized spacial score (nSPS) is 17.0. The smallest absolute Gasteiger partial charge is 0.255 e. The van der Waals surface area contributed by atoms with Gasteiger partial charge in [0.25, 0.3) is 5.91 Å². The van der Waals surface area contributed by atoms with E-state index < -0.39 is 0 Å². The van der Waals surface area contributed by atoms with Gasteiger partial charge in [0.2, 0.25) is 0 Å². The first kappa shape index (κ1) is 17.0. The van der Waals surface area contributed by atoms with Crippen LogP contribution < -0.4 is 4.74 Å². The van der Waals surface area contributed by atoms with E-state index in [0.717, 1.165) is 11.3 Å². The minimum Gasteiger partial charge on any atom is -0.497 e. The van der Waals surface area contributed by atoms with Crippen molar-refractivity contribution in [2.24, 2.45) is 0 Å². The lowest BCUT2D eigenvalue weighted by molar-refractivity contribution is -0.0208. The summed E-state index contributed by atoms with van der Waals surface area (Å²) in [5.41, 5.74) is 1.96. The maximum Gasteiger partial charge on any atom is 0.255 e. The summed E-state index contributed by atoms with van der Waals surface area (Å²) in [7, 11) is 1.64. The van der Waals surface area contributed by atoms with Crippen LogP contribution in [0.25, 0.3) is 0 Å². The molecule has 1 atom stereocenters. The van der Waals surface area contributed by atoms with Gasteiger partial charge in [-0.1, -0.05) is 24.3 Å². The molecule has 0 aliphatic carbocycles. The Hall–Kier alpha value is -2.84. The van der Waals surface area contributed by atoms with Crippen molar-refractivity contribution in [3.8, 4) is 11.8 Å². The number of nitrogens with zero attached hydrogens (tertiary/aromatic N) is 2. The SMILES string of the molecule is COc1cccc(CC2CN(C(=O)c3ccccc3C#N)CCO2)c1. The van der Waals surface area contributed by atoms with E-state index in [1.165, 1.54) is 0 Å². The number of amides is 1. The molecule has 1 fully saturated rings. The third kappa shape index (κ3) is 3.98. The molecule has 5 nitrogen and oxygen atoms in total. The maximum atomic E-state index is 12.8. The van der Waals surface area contributed by atoms with Crippen LogP contribution >= 0.6 is 0 Å². The fraction of sp³-hybridized carbons (Fsp3) is 0.300. The lowest BCUT2D eigenvalue weighted by Crippen LogP contribution is -2.46. The van der Waals surface area contributed by atoms with Crippen molar-refractivity contribution in [3.05, 3.63) is 65.2 Å². The summed E-state index contributed by atoms with van der Waals surface area (Å²) in [4.78, 5) is 14.5. The number of hydrogen-bond donors (Lipinski definition) is 0. The van der Waals surface area contributed by atoms with Crippen LogP contribution in [-0.2, 0) is 11.2 Å². The minimum absolute atomic E-state index is 0.0703. The van der Waals surface area contributed by atoms with E-state index in [1.54, 1.807) is 36.3 Å².